The lowest BCUT2D eigenvalue weighted by atomic mass is 10.0. The van der Waals surface area contributed by atoms with Crippen LogP contribution in [0.5, 0.6) is 0 Å². The highest BCUT2D eigenvalue weighted by Crippen LogP contribution is 2.22. The molecule has 1 N–H and O–H groups in total. The van der Waals surface area contributed by atoms with E-state index in [4.69, 9.17) is 0 Å². The van der Waals surface area contributed by atoms with E-state index in [-0.39, 0.29) is 0 Å². The maximum absolute atomic E-state index is 3.74. The molecule has 0 spiro atoms. The highest BCUT2D eigenvalue weighted by atomic mass is 15.1. The molecule has 0 radical (unpaired) electrons. The van der Waals surface area contributed by atoms with E-state index in [1.165, 1.54) is 55.5 Å². The van der Waals surface area contributed by atoms with Gasteiger partial charge in [-0.3, -0.25) is 0 Å². The first-order valence-electron chi connectivity index (χ1n) is 8.36. The number of nitrogens with zero attached hydrogens (tertiary/aromatic N) is 1. The summed E-state index contributed by atoms with van der Waals surface area (Å²) in [5.41, 5.74) is 6.08. The summed E-state index contributed by atoms with van der Waals surface area (Å²) in [5, 5.41) is 0. The first kappa shape index (κ1) is 17.3. The van der Waals surface area contributed by atoms with Crippen LogP contribution in [0.3, 0.4) is 0 Å². The van der Waals surface area contributed by atoms with Crippen molar-refractivity contribution in [1.82, 2.24) is 9.88 Å². The molecule has 0 aliphatic rings. The van der Waals surface area contributed by atoms with Crippen molar-refractivity contribution >= 4 is 0 Å². The minimum absolute atomic E-state index is 0.645. The summed E-state index contributed by atoms with van der Waals surface area (Å²) in [4.78, 5) is 6.04. The largest absolute Gasteiger partial charge is 0.362 e. The third-order valence-electron chi connectivity index (χ3n) is 4.65. The molecule has 1 aromatic heterocycles. The molecule has 0 aliphatic heterocycles. The summed E-state index contributed by atoms with van der Waals surface area (Å²) in [6.07, 6.45) is 8.74. The smallest absolute Gasteiger partial charge is 0.0184 e. The van der Waals surface area contributed by atoms with Gasteiger partial charge in [-0.25, -0.2) is 0 Å². The third-order valence-corrected chi connectivity index (χ3v) is 4.65. The minimum Gasteiger partial charge on any atom is -0.362 e. The molecule has 0 saturated carbocycles. The lowest BCUT2D eigenvalue weighted by molar-refractivity contribution is 0.298. The first-order chi connectivity index (χ1) is 9.51. The molecule has 2 nitrogen and oxygen atoms in total. The van der Waals surface area contributed by atoms with Crippen molar-refractivity contribution in [3.63, 3.8) is 0 Å². The Kier molecular flexibility index (Phi) is 7.36. The van der Waals surface area contributed by atoms with Crippen LogP contribution in [-0.4, -0.2) is 30.0 Å². The fourth-order valence-corrected chi connectivity index (χ4v) is 2.86. The van der Waals surface area contributed by atoms with Gasteiger partial charge < -0.3 is 9.88 Å². The van der Waals surface area contributed by atoms with Crippen LogP contribution in [0.2, 0.25) is 0 Å². The van der Waals surface area contributed by atoms with Crippen LogP contribution in [-0.2, 0) is 19.3 Å². The van der Waals surface area contributed by atoms with Gasteiger partial charge in [0.2, 0.25) is 0 Å². The van der Waals surface area contributed by atoms with Crippen LogP contribution in [0.4, 0.5) is 0 Å². The van der Waals surface area contributed by atoms with E-state index in [0.717, 1.165) is 6.42 Å². The molecule has 0 saturated heterocycles. The summed E-state index contributed by atoms with van der Waals surface area (Å²) < 4.78 is 0. The lowest BCUT2D eigenvalue weighted by Crippen LogP contribution is -2.25. The van der Waals surface area contributed by atoms with Crippen molar-refractivity contribution in [3.05, 3.63) is 22.5 Å². The number of rotatable bonds is 9. The van der Waals surface area contributed by atoms with Crippen molar-refractivity contribution in [2.24, 2.45) is 0 Å². The lowest BCUT2D eigenvalue weighted by Gasteiger charge is -2.19. The second kappa shape index (κ2) is 8.51. The Morgan fingerprint density at radius 1 is 1.05 bits per heavy atom. The van der Waals surface area contributed by atoms with Gasteiger partial charge in [-0.05, 0) is 71.2 Å². The number of aromatic nitrogens is 1. The maximum Gasteiger partial charge on any atom is 0.0184 e. The molecule has 0 aliphatic carbocycles. The summed E-state index contributed by atoms with van der Waals surface area (Å²) in [7, 11) is 4.33. The SMILES string of the molecule is CCCCCc1[nH]c(CCC(C)N(C)C)c(C)c1CC. The Morgan fingerprint density at radius 2 is 1.75 bits per heavy atom. The summed E-state index contributed by atoms with van der Waals surface area (Å²) in [6.45, 7) is 9.16. The van der Waals surface area contributed by atoms with Gasteiger partial charge in [-0.15, -0.1) is 0 Å². The molecule has 0 bridgehead atoms. The van der Waals surface area contributed by atoms with Crippen LogP contribution in [0.25, 0.3) is 0 Å². The molecule has 0 fully saturated rings. The average Bonchev–Trinajstić information content (AvgIpc) is 2.72. The fourth-order valence-electron chi connectivity index (χ4n) is 2.86. The number of aromatic amines is 1. The topological polar surface area (TPSA) is 19.0 Å². The van der Waals surface area contributed by atoms with Crippen LogP contribution in [0.1, 0.15) is 69.0 Å². The van der Waals surface area contributed by atoms with Crippen molar-refractivity contribution < 1.29 is 0 Å². The van der Waals surface area contributed by atoms with Crippen LogP contribution in [0, 0.1) is 6.92 Å². The highest BCUT2D eigenvalue weighted by Gasteiger charge is 2.13. The zero-order valence-corrected chi connectivity index (χ0v) is 14.5. The van der Waals surface area contributed by atoms with E-state index in [9.17, 15) is 0 Å². The molecule has 1 heterocycles. The van der Waals surface area contributed by atoms with Crippen molar-refractivity contribution in [2.45, 2.75) is 78.7 Å². The first-order valence-corrected chi connectivity index (χ1v) is 8.36. The van der Waals surface area contributed by atoms with Crippen LogP contribution in [0.15, 0.2) is 0 Å². The van der Waals surface area contributed by atoms with Crippen LogP contribution >= 0.6 is 0 Å². The number of aryl methyl sites for hydroxylation is 2. The molecule has 1 rings (SSSR count). The molecule has 116 valence electrons. The van der Waals surface area contributed by atoms with Gasteiger partial charge in [0, 0.05) is 17.4 Å². The zero-order valence-electron chi connectivity index (χ0n) is 14.5. The maximum atomic E-state index is 3.74. The number of H-pyrrole nitrogens is 1. The van der Waals surface area contributed by atoms with Gasteiger partial charge >= 0.3 is 0 Å². The number of nitrogens with one attached hydrogen (secondary N) is 1. The molecule has 1 unspecified atom stereocenters. The van der Waals surface area contributed by atoms with E-state index >= 15 is 0 Å². The molecule has 20 heavy (non-hydrogen) atoms. The quantitative estimate of drug-likeness (QED) is 0.659. The minimum atomic E-state index is 0.645. The highest BCUT2D eigenvalue weighted by molar-refractivity contribution is 5.36. The Balaban J connectivity index is 2.71. The summed E-state index contributed by atoms with van der Waals surface area (Å²) >= 11 is 0. The van der Waals surface area contributed by atoms with Gasteiger partial charge in [0.1, 0.15) is 0 Å². The van der Waals surface area contributed by atoms with Crippen molar-refractivity contribution in [1.29, 1.82) is 0 Å². The second-order valence-corrected chi connectivity index (χ2v) is 6.35. The van der Waals surface area contributed by atoms with E-state index in [1.807, 2.05) is 0 Å². The summed E-state index contributed by atoms with van der Waals surface area (Å²) in [5.74, 6) is 0. The zero-order chi connectivity index (χ0) is 15.1. The van der Waals surface area contributed by atoms with Crippen LogP contribution < -0.4 is 0 Å². The predicted molar refractivity (Wildman–Crippen MR) is 89.6 cm³/mol. The van der Waals surface area contributed by atoms with Gasteiger partial charge in [0.05, 0.1) is 0 Å². The molecule has 1 atom stereocenters. The number of hydrogen-bond donors (Lipinski definition) is 1. The molecular formula is C18H34N2. The Bertz CT molecular complexity index is 390. The Morgan fingerprint density at radius 3 is 2.30 bits per heavy atom. The molecule has 0 amide bonds. The van der Waals surface area contributed by atoms with E-state index < -0.39 is 0 Å². The average molecular weight is 278 g/mol. The monoisotopic (exact) mass is 278 g/mol. The Hall–Kier alpha value is -0.760. The second-order valence-electron chi connectivity index (χ2n) is 6.35. The van der Waals surface area contributed by atoms with Crippen molar-refractivity contribution in [2.75, 3.05) is 14.1 Å². The van der Waals surface area contributed by atoms with Gasteiger partial charge in [0.15, 0.2) is 0 Å². The summed E-state index contributed by atoms with van der Waals surface area (Å²) in [6, 6.07) is 0.645. The molecule has 2 heteroatoms. The number of hydrogen-bond acceptors (Lipinski definition) is 1. The molecule has 0 aromatic carbocycles. The third kappa shape index (κ3) is 4.66. The molecule has 1 aromatic rings. The van der Waals surface area contributed by atoms with E-state index in [0.29, 0.717) is 6.04 Å². The van der Waals surface area contributed by atoms with Gasteiger partial charge in [-0.1, -0.05) is 26.7 Å². The number of unbranched alkanes of at least 4 members (excludes halogenated alkanes) is 2. The van der Waals surface area contributed by atoms with E-state index in [2.05, 4.69) is 51.7 Å². The predicted octanol–water partition coefficient (Wildman–Crippen LogP) is 4.50. The van der Waals surface area contributed by atoms with Crippen molar-refractivity contribution in [3.8, 4) is 0 Å². The van der Waals surface area contributed by atoms with Gasteiger partial charge in [-0.2, -0.15) is 0 Å². The Labute approximate surface area is 126 Å². The van der Waals surface area contributed by atoms with Gasteiger partial charge in [0.25, 0.3) is 0 Å². The standard InChI is InChI=1S/C18H34N2/c1-7-9-10-11-18-16(8-2)15(4)17(19-18)13-12-14(3)20(5)6/h14,19H,7-13H2,1-6H3. The fraction of sp³-hybridized carbons (Fsp3) is 0.778. The molecular weight excluding hydrogens is 244 g/mol. The normalized spacial score (nSPS) is 13.2. The van der Waals surface area contributed by atoms with E-state index in [1.54, 1.807) is 5.56 Å².